The lowest BCUT2D eigenvalue weighted by Gasteiger charge is -2.26. The first-order valence-electron chi connectivity index (χ1n) is 7.53. The maximum atomic E-state index is 13.3. The Morgan fingerprint density at radius 3 is 2.25 bits per heavy atom. The molecular formula is C17H25F2N. The average Bonchev–Trinajstić information content (AvgIpc) is 2.71. The van der Waals surface area contributed by atoms with Crippen LogP contribution in [-0.2, 0) is 6.42 Å². The number of rotatable bonds is 4. The van der Waals surface area contributed by atoms with E-state index in [0.717, 1.165) is 31.0 Å². The van der Waals surface area contributed by atoms with Gasteiger partial charge in [0.05, 0.1) is 0 Å². The van der Waals surface area contributed by atoms with Gasteiger partial charge in [-0.3, -0.25) is 0 Å². The van der Waals surface area contributed by atoms with E-state index in [0.29, 0.717) is 11.8 Å². The van der Waals surface area contributed by atoms with Crippen molar-refractivity contribution in [1.29, 1.82) is 0 Å². The van der Waals surface area contributed by atoms with Crippen LogP contribution in [0.5, 0.6) is 0 Å². The lowest BCUT2D eigenvalue weighted by molar-refractivity contribution is 0.317. The largest absolute Gasteiger partial charge is 0.312 e. The summed E-state index contributed by atoms with van der Waals surface area (Å²) in [4.78, 5) is 0. The Morgan fingerprint density at radius 1 is 1.05 bits per heavy atom. The van der Waals surface area contributed by atoms with Crippen molar-refractivity contribution in [1.82, 2.24) is 5.32 Å². The fourth-order valence-corrected chi connectivity index (χ4v) is 3.12. The standard InChI is InChI=1S/C17H25F2N/c1-17(2,3)20-11-14-6-4-5-13(14)7-12-8-15(18)10-16(19)9-12/h8-10,13-14,20H,4-7,11H2,1-3H3. The lowest BCUT2D eigenvalue weighted by atomic mass is 9.89. The van der Waals surface area contributed by atoms with Crippen LogP contribution in [-0.4, -0.2) is 12.1 Å². The molecule has 1 aliphatic carbocycles. The number of benzene rings is 1. The first-order valence-corrected chi connectivity index (χ1v) is 7.53. The van der Waals surface area contributed by atoms with Crippen molar-refractivity contribution < 1.29 is 8.78 Å². The molecule has 0 amide bonds. The third kappa shape index (κ3) is 4.55. The van der Waals surface area contributed by atoms with Gasteiger partial charge in [-0.1, -0.05) is 6.42 Å². The predicted octanol–water partition coefficient (Wildman–Crippen LogP) is 4.31. The van der Waals surface area contributed by atoms with Gasteiger partial charge >= 0.3 is 0 Å². The van der Waals surface area contributed by atoms with Gasteiger partial charge in [-0.15, -0.1) is 0 Å². The molecule has 0 spiro atoms. The van der Waals surface area contributed by atoms with Gasteiger partial charge in [0, 0.05) is 11.6 Å². The molecule has 0 heterocycles. The summed E-state index contributed by atoms with van der Waals surface area (Å²) in [5.74, 6) is 0.205. The minimum Gasteiger partial charge on any atom is -0.312 e. The molecule has 0 aliphatic heterocycles. The molecule has 0 radical (unpaired) electrons. The van der Waals surface area contributed by atoms with Crippen LogP contribution in [0.1, 0.15) is 45.6 Å². The molecule has 2 atom stereocenters. The Kier molecular flexibility index (Phi) is 4.79. The van der Waals surface area contributed by atoms with Gasteiger partial charge in [0.1, 0.15) is 11.6 Å². The van der Waals surface area contributed by atoms with Crippen LogP contribution in [0.4, 0.5) is 8.78 Å². The molecule has 3 heteroatoms. The third-order valence-corrected chi connectivity index (χ3v) is 4.13. The Labute approximate surface area is 120 Å². The Bertz CT molecular complexity index is 431. The zero-order chi connectivity index (χ0) is 14.8. The van der Waals surface area contributed by atoms with E-state index in [2.05, 4.69) is 26.1 Å². The van der Waals surface area contributed by atoms with Crippen LogP contribution in [0.25, 0.3) is 0 Å². The molecule has 1 aromatic carbocycles. The number of hydrogen-bond acceptors (Lipinski definition) is 1. The predicted molar refractivity (Wildman–Crippen MR) is 78.6 cm³/mol. The van der Waals surface area contributed by atoms with Crippen LogP contribution >= 0.6 is 0 Å². The van der Waals surface area contributed by atoms with E-state index < -0.39 is 11.6 Å². The number of hydrogen-bond donors (Lipinski definition) is 1. The molecular weight excluding hydrogens is 256 g/mol. The highest BCUT2D eigenvalue weighted by atomic mass is 19.1. The highest BCUT2D eigenvalue weighted by Crippen LogP contribution is 2.34. The van der Waals surface area contributed by atoms with E-state index in [9.17, 15) is 8.78 Å². The summed E-state index contributed by atoms with van der Waals surface area (Å²) in [6.45, 7) is 7.49. The van der Waals surface area contributed by atoms with Gasteiger partial charge in [-0.25, -0.2) is 8.78 Å². The van der Waals surface area contributed by atoms with Gasteiger partial charge in [0.2, 0.25) is 0 Å². The van der Waals surface area contributed by atoms with Crippen LogP contribution in [0.2, 0.25) is 0 Å². The molecule has 20 heavy (non-hydrogen) atoms. The molecule has 1 N–H and O–H groups in total. The second kappa shape index (κ2) is 6.21. The quantitative estimate of drug-likeness (QED) is 0.867. The summed E-state index contributed by atoms with van der Waals surface area (Å²) in [6, 6.07) is 3.88. The molecule has 1 aliphatic rings. The molecule has 2 rings (SSSR count). The van der Waals surface area contributed by atoms with E-state index in [-0.39, 0.29) is 5.54 Å². The van der Waals surface area contributed by atoms with Gasteiger partial charge in [0.25, 0.3) is 0 Å². The molecule has 1 fully saturated rings. The molecule has 0 aromatic heterocycles. The van der Waals surface area contributed by atoms with E-state index >= 15 is 0 Å². The Hall–Kier alpha value is -0.960. The van der Waals surface area contributed by atoms with Gasteiger partial charge in [0.15, 0.2) is 0 Å². The summed E-state index contributed by atoms with van der Waals surface area (Å²) in [6.07, 6.45) is 4.38. The highest BCUT2D eigenvalue weighted by Gasteiger charge is 2.28. The molecule has 1 saturated carbocycles. The molecule has 1 nitrogen and oxygen atoms in total. The molecule has 0 bridgehead atoms. The first-order chi connectivity index (χ1) is 9.33. The summed E-state index contributed by atoms with van der Waals surface area (Å²) >= 11 is 0. The minimum atomic E-state index is -0.470. The minimum absolute atomic E-state index is 0.123. The van der Waals surface area contributed by atoms with Crippen molar-refractivity contribution in [2.45, 2.75) is 52.0 Å². The molecule has 112 valence electrons. The van der Waals surface area contributed by atoms with E-state index in [4.69, 9.17) is 0 Å². The van der Waals surface area contributed by atoms with Crippen molar-refractivity contribution in [3.63, 3.8) is 0 Å². The molecule has 0 saturated heterocycles. The Morgan fingerprint density at radius 2 is 1.65 bits per heavy atom. The van der Waals surface area contributed by atoms with Crippen LogP contribution in [0.15, 0.2) is 18.2 Å². The maximum absolute atomic E-state index is 13.3. The number of nitrogens with one attached hydrogen (secondary N) is 1. The van der Waals surface area contributed by atoms with Crippen molar-refractivity contribution >= 4 is 0 Å². The van der Waals surface area contributed by atoms with Crippen molar-refractivity contribution in [3.8, 4) is 0 Å². The summed E-state index contributed by atoms with van der Waals surface area (Å²) in [5.41, 5.74) is 0.910. The van der Waals surface area contributed by atoms with Gasteiger partial charge in [-0.05, 0) is 76.1 Å². The van der Waals surface area contributed by atoms with Crippen molar-refractivity contribution in [3.05, 3.63) is 35.4 Å². The van der Waals surface area contributed by atoms with E-state index in [1.165, 1.54) is 25.0 Å². The van der Waals surface area contributed by atoms with E-state index in [1.807, 2.05) is 0 Å². The number of halogens is 2. The fraction of sp³-hybridized carbons (Fsp3) is 0.647. The monoisotopic (exact) mass is 281 g/mol. The zero-order valence-corrected chi connectivity index (χ0v) is 12.7. The molecule has 2 unspecified atom stereocenters. The van der Waals surface area contributed by atoms with Crippen molar-refractivity contribution in [2.24, 2.45) is 11.8 Å². The van der Waals surface area contributed by atoms with Crippen LogP contribution < -0.4 is 5.32 Å². The third-order valence-electron chi connectivity index (χ3n) is 4.13. The van der Waals surface area contributed by atoms with Gasteiger partial charge in [-0.2, -0.15) is 0 Å². The van der Waals surface area contributed by atoms with Crippen molar-refractivity contribution in [2.75, 3.05) is 6.54 Å². The lowest BCUT2D eigenvalue weighted by Crippen LogP contribution is -2.40. The smallest absolute Gasteiger partial charge is 0.126 e. The Balaban J connectivity index is 1.97. The van der Waals surface area contributed by atoms with Crippen LogP contribution in [0, 0.1) is 23.5 Å². The van der Waals surface area contributed by atoms with Crippen LogP contribution in [0.3, 0.4) is 0 Å². The highest BCUT2D eigenvalue weighted by molar-refractivity contribution is 5.18. The first kappa shape index (κ1) is 15.4. The molecule has 1 aromatic rings. The average molecular weight is 281 g/mol. The summed E-state index contributed by atoms with van der Waals surface area (Å²) in [7, 11) is 0. The fourth-order valence-electron chi connectivity index (χ4n) is 3.12. The summed E-state index contributed by atoms with van der Waals surface area (Å²) in [5, 5.41) is 3.55. The second-order valence-electron chi connectivity index (χ2n) is 7.06. The van der Waals surface area contributed by atoms with Gasteiger partial charge < -0.3 is 5.32 Å². The second-order valence-corrected chi connectivity index (χ2v) is 7.06. The summed E-state index contributed by atoms with van der Waals surface area (Å²) < 4.78 is 26.5. The topological polar surface area (TPSA) is 12.0 Å². The van der Waals surface area contributed by atoms with E-state index in [1.54, 1.807) is 0 Å². The normalized spacial score (nSPS) is 23.2. The zero-order valence-electron chi connectivity index (χ0n) is 12.7. The maximum Gasteiger partial charge on any atom is 0.126 e. The SMILES string of the molecule is CC(C)(C)NCC1CCCC1Cc1cc(F)cc(F)c1.